The lowest BCUT2D eigenvalue weighted by Crippen LogP contribution is -2.37. The average Bonchev–Trinajstić information content (AvgIpc) is 3.19. The summed E-state index contributed by atoms with van der Waals surface area (Å²) < 4.78 is 14.2. The van der Waals surface area contributed by atoms with Crippen molar-refractivity contribution in [3.8, 4) is 0 Å². The highest BCUT2D eigenvalue weighted by Gasteiger charge is 2.43. The fraction of sp³-hybridized carbons (Fsp3) is 0.471. The highest BCUT2D eigenvalue weighted by molar-refractivity contribution is 5.27. The molecule has 4 nitrogen and oxygen atoms in total. The van der Waals surface area contributed by atoms with Gasteiger partial charge in [0.15, 0.2) is 5.79 Å². The van der Waals surface area contributed by atoms with Gasteiger partial charge < -0.3 is 14.0 Å². The number of nitrogens with zero attached hydrogens (tertiary/aromatic N) is 2. The van der Waals surface area contributed by atoms with Gasteiger partial charge in [-0.25, -0.2) is 4.98 Å². The highest BCUT2D eigenvalue weighted by Crippen LogP contribution is 2.39. The zero-order valence-electron chi connectivity index (χ0n) is 12.7. The zero-order valence-corrected chi connectivity index (χ0v) is 12.7. The number of benzene rings is 1. The Balaban J connectivity index is 1.87. The number of rotatable bonds is 5. The molecule has 0 amide bonds. The SMILES string of the molecule is CCc1ccc(C2(C(C)Cn3ccnc3)OCCO2)cc1. The van der Waals surface area contributed by atoms with E-state index < -0.39 is 5.79 Å². The Bertz CT molecular complexity index is 557. The Kier molecular flexibility index (Phi) is 4.08. The van der Waals surface area contributed by atoms with Gasteiger partial charge in [-0.15, -0.1) is 0 Å². The minimum absolute atomic E-state index is 0.196. The third-order valence-electron chi connectivity index (χ3n) is 4.17. The Morgan fingerprint density at radius 3 is 2.52 bits per heavy atom. The minimum atomic E-state index is -0.642. The molecule has 1 saturated heterocycles. The van der Waals surface area contributed by atoms with Crippen LogP contribution < -0.4 is 0 Å². The molecule has 0 N–H and O–H groups in total. The predicted octanol–water partition coefficient (Wildman–Crippen LogP) is 2.98. The summed E-state index contributed by atoms with van der Waals surface area (Å²) in [5.41, 5.74) is 2.43. The van der Waals surface area contributed by atoms with Crippen molar-refractivity contribution in [2.75, 3.05) is 13.2 Å². The Morgan fingerprint density at radius 2 is 1.95 bits per heavy atom. The first kappa shape index (κ1) is 14.3. The molecule has 0 aliphatic carbocycles. The van der Waals surface area contributed by atoms with E-state index in [4.69, 9.17) is 9.47 Å². The number of hydrogen-bond acceptors (Lipinski definition) is 3. The van der Waals surface area contributed by atoms with Crippen molar-refractivity contribution in [3.63, 3.8) is 0 Å². The average molecular weight is 286 g/mol. The van der Waals surface area contributed by atoms with Crippen LogP contribution in [0.3, 0.4) is 0 Å². The van der Waals surface area contributed by atoms with Gasteiger partial charge in [-0.05, 0) is 12.0 Å². The van der Waals surface area contributed by atoms with Crippen molar-refractivity contribution in [2.45, 2.75) is 32.6 Å². The third-order valence-corrected chi connectivity index (χ3v) is 4.17. The van der Waals surface area contributed by atoms with E-state index in [0.29, 0.717) is 13.2 Å². The number of ether oxygens (including phenoxy) is 2. The Labute approximate surface area is 125 Å². The smallest absolute Gasteiger partial charge is 0.199 e. The summed E-state index contributed by atoms with van der Waals surface area (Å²) in [6, 6.07) is 8.58. The first-order valence-corrected chi connectivity index (χ1v) is 7.57. The van der Waals surface area contributed by atoms with E-state index >= 15 is 0 Å². The van der Waals surface area contributed by atoms with Gasteiger partial charge in [0.1, 0.15) is 0 Å². The molecule has 1 aliphatic rings. The topological polar surface area (TPSA) is 36.3 Å². The van der Waals surface area contributed by atoms with Gasteiger partial charge in [0.05, 0.1) is 19.5 Å². The molecule has 4 heteroatoms. The van der Waals surface area contributed by atoms with Crippen molar-refractivity contribution in [1.29, 1.82) is 0 Å². The van der Waals surface area contributed by atoms with E-state index in [-0.39, 0.29) is 5.92 Å². The molecule has 0 bridgehead atoms. The Hall–Kier alpha value is -1.65. The molecule has 1 aromatic carbocycles. The standard InChI is InChI=1S/C17H22N2O2/c1-3-15-4-6-16(7-5-15)17(20-10-11-21-17)14(2)12-19-9-8-18-13-19/h4-9,13-14H,3,10-12H2,1-2H3. The number of aromatic nitrogens is 2. The second kappa shape index (κ2) is 6.00. The van der Waals surface area contributed by atoms with Crippen molar-refractivity contribution >= 4 is 0 Å². The predicted molar refractivity (Wildman–Crippen MR) is 80.8 cm³/mol. The fourth-order valence-electron chi connectivity index (χ4n) is 2.97. The van der Waals surface area contributed by atoms with Crippen molar-refractivity contribution in [3.05, 3.63) is 54.1 Å². The van der Waals surface area contributed by atoms with Crippen LogP contribution in [-0.2, 0) is 28.2 Å². The van der Waals surface area contributed by atoms with Gasteiger partial charge in [-0.3, -0.25) is 0 Å². The van der Waals surface area contributed by atoms with Crippen LogP contribution in [0, 0.1) is 5.92 Å². The van der Waals surface area contributed by atoms with Crippen LogP contribution in [-0.4, -0.2) is 22.8 Å². The molecule has 1 fully saturated rings. The first-order chi connectivity index (χ1) is 10.2. The maximum Gasteiger partial charge on any atom is 0.199 e. The van der Waals surface area contributed by atoms with Crippen LogP contribution in [0.25, 0.3) is 0 Å². The van der Waals surface area contributed by atoms with Gasteiger partial charge in [-0.1, -0.05) is 38.1 Å². The second-order valence-electron chi connectivity index (χ2n) is 5.58. The largest absolute Gasteiger partial charge is 0.343 e. The molecule has 1 unspecified atom stereocenters. The van der Waals surface area contributed by atoms with Gasteiger partial charge in [0.2, 0.25) is 0 Å². The fourth-order valence-corrected chi connectivity index (χ4v) is 2.97. The molecule has 2 aromatic rings. The number of aryl methyl sites for hydroxylation is 1. The summed E-state index contributed by atoms with van der Waals surface area (Å²) in [5, 5.41) is 0. The molecule has 0 saturated carbocycles. The molecular formula is C17H22N2O2. The van der Waals surface area contributed by atoms with E-state index in [9.17, 15) is 0 Å². The minimum Gasteiger partial charge on any atom is -0.343 e. The lowest BCUT2D eigenvalue weighted by atomic mass is 9.92. The molecule has 21 heavy (non-hydrogen) atoms. The molecule has 1 atom stereocenters. The molecule has 2 heterocycles. The van der Waals surface area contributed by atoms with E-state index in [0.717, 1.165) is 18.5 Å². The summed E-state index contributed by atoms with van der Waals surface area (Å²) in [4.78, 5) is 4.10. The molecule has 1 aliphatic heterocycles. The van der Waals surface area contributed by atoms with Crippen molar-refractivity contribution in [1.82, 2.24) is 9.55 Å². The molecule has 3 rings (SSSR count). The van der Waals surface area contributed by atoms with Gasteiger partial charge in [0, 0.05) is 30.4 Å². The monoisotopic (exact) mass is 286 g/mol. The quantitative estimate of drug-likeness (QED) is 0.848. The summed E-state index contributed by atoms with van der Waals surface area (Å²) in [5.74, 6) is -0.446. The first-order valence-electron chi connectivity index (χ1n) is 7.57. The molecule has 0 radical (unpaired) electrons. The normalized spacial score (nSPS) is 18.8. The summed E-state index contributed by atoms with van der Waals surface area (Å²) in [7, 11) is 0. The van der Waals surface area contributed by atoms with Crippen LogP contribution in [0.1, 0.15) is 25.0 Å². The Morgan fingerprint density at radius 1 is 1.24 bits per heavy atom. The van der Waals surface area contributed by atoms with Crippen LogP contribution in [0.5, 0.6) is 0 Å². The van der Waals surface area contributed by atoms with Gasteiger partial charge in [0.25, 0.3) is 0 Å². The number of hydrogen-bond donors (Lipinski definition) is 0. The second-order valence-corrected chi connectivity index (χ2v) is 5.58. The number of imidazole rings is 1. The lowest BCUT2D eigenvalue weighted by molar-refractivity contribution is -0.204. The maximum absolute atomic E-state index is 6.05. The summed E-state index contributed by atoms with van der Waals surface area (Å²) in [6.07, 6.45) is 6.64. The van der Waals surface area contributed by atoms with Crippen molar-refractivity contribution < 1.29 is 9.47 Å². The molecule has 0 spiro atoms. The van der Waals surface area contributed by atoms with Gasteiger partial charge in [-0.2, -0.15) is 0 Å². The van der Waals surface area contributed by atoms with E-state index in [1.54, 1.807) is 6.20 Å². The highest BCUT2D eigenvalue weighted by atomic mass is 16.7. The van der Waals surface area contributed by atoms with E-state index in [1.807, 2.05) is 12.5 Å². The summed E-state index contributed by atoms with van der Waals surface area (Å²) >= 11 is 0. The molecule has 112 valence electrons. The third kappa shape index (κ3) is 2.74. The van der Waals surface area contributed by atoms with Crippen LogP contribution in [0.4, 0.5) is 0 Å². The maximum atomic E-state index is 6.05. The molecule has 1 aromatic heterocycles. The summed E-state index contributed by atoms with van der Waals surface area (Å²) in [6.45, 7) is 6.43. The van der Waals surface area contributed by atoms with Crippen LogP contribution in [0.2, 0.25) is 0 Å². The van der Waals surface area contributed by atoms with Crippen LogP contribution >= 0.6 is 0 Å². The lowest BCUT2D eigenvalue weighted by Gasteiger charge is -2.34. The van der Waals surface area contributed by atoms with Crippen LogP contribution in [0.15, 0.2) is 43.0 Å². The molecular weight excluding hydrogens is 264 g/mol. The zero-order chi connectivity index (χ0) is 14.7. The van der Waals surface area contributed by atoms with Gasteiger partial charge >= 0.3 is 0 Å². The van der Waals surface area contributed by atoms with E-state index in [2.05, 4.69) is 47.7 Å². The van der Waals surface area contributed by atoms with Crippen molar-refractivity contribution in [2.24, 2.45) is 5.92 Å². The van der Waals surface area contributed by atoms with E-state index in [1.165, 1.54) is 5.56 Å².